The number of esters is 2. The van der Waals surface area contributed by atoms with Crippen LogP contribution in [0.1, 0.15) is 68.0 Å². The number of hydrogen-bond donors (Lipinski definition) is 5. The number of aliphatic hydroxyl groups is 2. The van der Waals surface area contributed by atoms with Gasteiger partial charge < -0.3 is 43.9 Å². The smallest absolute Gasteiger partial charge is 0.459 e. The lowest BCUT2D eigenvalue weighted by atomic mass is 9.97. The quantitative estimate of drug-likeness (QED) is 0.0692. The minimum atomic E-state index is -4.57. The molecule has 3 aliphatic heterocycles. The Morgan fingerprint density at radius 1 is 0.836 bits per heavy atom. The maximum absolute atomic E-state index is 15.8. The van der Waals surface area contributed by atoms with Gasteiger partial charge in [0.2, 0.25) is 5.91 Å². The molecule has 402 valence electrons. The molecule has 4 heterocycles. The van der Waals surface area contributed by atoms with E-state index in [1.165, 1.54) is 44.3 Å². The van der Waals surface area contributed by atoms with E-state index in [2.05, 4.69) is 21.7 Å². The van der Waals surface area contributed by atoms with Crippen LogP contribution in [0.2, 0.25) is 0 Å². The zero-order valence-corrected chi connectivity index (χ0v) is 43.0. The predicted molar refractivity (Wildman–Crippen MR) is 255 cm³/mol. The van der Waals surface area contributed by atoms with Crippen molar-refractivity contribution in [3.8, 4) is 11.5 Å². The maximum Gasteiger partial charge on any atom is 0.459 e. The van der Waals surface area contributed by atoms with E-state index < -0.39 is 124 Å². The Labute approximate surface area is 419 Å². The van der Waals surface area contributed by atoms with Crippen molar-refractivity contribution in [2.75, 3.05) is 18.9 Å². The Kier molecular flexibility index (Phi) is 19.1. The molecule has 27 heteroatoms. The molecule has 0 spiro atoms. The molecule has 6 rings (SSSR count). The summed E-state index contributed by atoms with van der Waals surface area (Å²) in [6, 6.07) is 14.6. The van der Waals surface area contributed by atoms with Crippen molar-refractivity contribution in [3.05, 3.63) is 108 Å². The first-order valence-electron chi connectivity index (χ1n) is 22.7. The van der Waals surface area contributed by atoms with Crippen LogP contribution in [0.3, 0.4) is 0 Å². The van der Waals surface area contributed by atoms with Crippen molar-refractivity contribution in [1.82, 2.24) is 24.6 Å². The Balaban J connectivity index is 0.000000271. The first-order chi connectivity index (χ1) is 34.0. The van der Waals surface area contributed by atoms with Gasteiger partial charge in [-0.05, 0) is 97.4 Å². The number of para-hydroxylation sites is 2. The predicted octanol–water partition coefficient (Wildman–Crippen LogP) is 5.48. The highest BCUT2D eigenvalue weighted by molar-refractivity contribution is 7.52. The molecule has 6 N–H and O–H groups in total. The number of halogens is 3. The number of benzene rings is 2. The van der Waals surface area contributed by atoms with Crippen molar-refractivity contribution in [1.29, 1.82) is 0 Å². The van der Waals surface area contributed by atoms with Gasteiger partial charge in [0.05, 0.1) is 25.2 Å². The van der Waals surface area contributed by atoms with Crippen LogP contribution in [0.4, 0.5) is 19.0 Å². The number of nitrogen functional groups attached to an aromatic ring is 1. The molecule has 0 bridgehead atoms. The molecule has 2 aromatic carbocycles. The number of anilines is 1. The molecule has 0 aliphatic carbocycles. The molecule has 1 aromatic heterocycles. The van der Waals surface area contributed by atoms with Gasteiger partial charge in [-0.15, -0.1) is 0 Å². The largest absolute Gasteiger partial charge is 0.462 e. The molecule has 3 aliphatic rings. The van der Waals surface area contributed by atoms with Crippen LogP contribution < -0.4 is 30.6 Å². The number of nitrogens with zero attached hydrogens (tertiary/aromatic N) is 3. The van der Waals surface area contributed by atoms with Crippen molar-refractivity contribution in [3.63, 3.8) is 0 Å². The summed E-state index contributed by atoms with van der Waals surface area (Å²) < 4.78 is 117. The second-order valence-corrected chi connectivity index (χ2v) is 21.4. The number of aromatic nitrogens is 2. The number of allylic oxidation sites excluding steroid dienone is 1. The Morgan fingerprint density at radius 3 is 1.82 bits per heavy atom. The van der Waals surface area contributed by atoms with Crippen LogP contribution in [-0.2, 0) is 51.5 Å². The Morgan fingerprint density at radius 2 is 1.34 bits per heavy atom. The number of rotatable bonds is 20. The van der Waals surface area contributed by atoms with E-state index in [4.69, 9.17) is 42.8 Å². The summed E-state index contributed by atoms with van der Waals surface area (Å²) in [5, 5.41) is 26.0. The number of nitrogens with two attached hydrogens (primary N) is 1. The van der Waals surface area contributed by atoms with Crippen molar-refractivity contribution in [2.24, 2.45) is 0 Å². The lowest BCUT2D eigenvalue weighted by molar-refractivity contribution is -0.204. The first-order valence-corrected chi connectivity index (χ1v) is 25.8. The molecule has 0 saturated carbocycles. The van der Waals surface area contributed by atoms with Gasteiger partial charge in [0.25, 0.3) is 5.85 Å². The fraction of sp³-hybridized carbons (Fsp3) is 0.500. The molecule has 0 unspecified atom stereocenters. The molecular formula is C46H61F3N6O16P2. The summed E-state index contributed by atoms with van der Waals surface area (Å²) in [4.78, 5) is 53.6. The van der Waals surface area contributed by atoms with Gasteiger partial charge >= 0.3 is 33.1 Å². The average Bonchev–Trinajstić information content (AvgIpc) is 3.63. The van der Waals surface area contributed by atoms with E-state index in [-0.39, 0.29) is 23.7 Å². The third-order valence-corrected chi connectivity index (χ3v) is 14.1. The third kappa shape index (κ3) is 14.9. The van der Waals surface area contributed by atoms with E-state index in [9.17, 15) is 38.5 Å². The minimum Gasteiger partial charge on any atom is -0.462 e. The molecule has 1 amide bonds. The molecule has 0 radical (unpaired) electrons. The molecule has 2 fully saturated rings. The van der Waals surface area contributed by atoms with E-state index in [1.807, 2.05) is 0 Å². The monoisotopic (exact) mass is 1070 g/mol. The number of carbonyl (C=O) groups is 3. The van der Waals surface area contributed by atoms with Crippen molar-refractivity contribution >= 4 is 39.2 Å². The number of carbonyl (C=O) groups excluding carboxylic acids is 3. The van der Waals surface area contributed by atoms with Crippen LogP contribution >= 0.6 is 15.5 Å². The summed E-state index contributed by atoms with van der Waals surface area (Å²) in [6.07, 6.45) is -5.90. The molecule has 2 saturated heterocycles. The zero-order valence-electron chi connectivity index (χ0n) is 41.2. The topological polar surface area (TPSA) is 288 Å². The summed E-state index contributed by atoms with van der Waals surface area (Å²) in [6.45, 7) is 13.0. The Bertz CT molecular complexity index is 2610. The van der Waals surface area contributed by atoms with Gasteiger partial charge in [0.15, 0.2) is 29.9 Å². The number of hydrogen-bond acceptors (Lipinski definition) is 18. The third-order valence-electron chi connectivity index (χ3n) is 10.8. The van der Waals surface area contributed by atoms with Gasteiger partial charge in [0, 0.05) is 12.4 Å². The van der Waals surface area contributed by atoms with Gasteiger partial charge in [-0.25, -0.2) is 27.1 Å². The van der Waals surface area contributed by atoms with Gasteiger partial charge in [-0.1, -0.05) is 43.0 Å². The number of alkyl halides is 3. The van der Waals surface area contributed by atoms with Crippen LogP contribution in [0.25, 0.3) is 0 Å². The highest BCUT2D eigenvalue weighted by Gasteiger charge is 2.65. The maximum atomic E-state index is 15.8. The van der Waals surface area contributed by atoms with Crippen molar-refractivity contribution < 1.29 is 83.9 Å². The average molecular weight is 1070 g/mol. The van der Waals surface area contributed by atoms with Gasteiger partial charge in [-0.3, -0.25) is 32.9 Å². The summed E-state index contributed by atoms with van der Waals surface area (Å²) in [7, 11) is -8.83. The molecule has 22 nitrogen and oxygen atoms in total. The number of nitrogens with one attached hydrogen (secondary N) is 2. The highest BCUT2D eigenvalue weighted by atomic mass is 31.2. The highest BCUT2D eigenvalue weighted by Crippen LogP contribution is 2.52. The van der Waals surface area contributed by atoms with E-state index in [0.717, 1.165) is 31.0 Å². The summed E-state index contributed by atoms with van der Waals surface area (Å²) >= 11 is 0. The van der Waals surface area contributed by atoms with Gasteiger partial charge in [-0.2, -0.15) is 15.2 Å². The zero-order chi connectivity index (χ0) is 54.3. The lowest BCUT2D eigenvalue weighted by Crippen LogP contribution is -2.51. The van der Waals surface area contributed by atoms with Gasteiger partial charge in [0.1, 0.15) is 48.2 Å². The van der Waals surface area contributed by atoms with E-state index in [1.54, 1.807) is 70.2 Å². The summed E-state index contributed by atoms with van der Waals surface area (Å²) in [5.41, 5.74) is -0.276. The van der Waals surface area contributed by atoms with E-state index >= 15 is 13.2 Å². The normalized spacial score (nSPS) is 28.4. The second kappa shape index (κ2) is 23.8. The minimum absolute atomic E-state index is 0.0158. The SMILES string of the molecule is C=C1C=CN([C@@H]2O[C@H](CO[P@@](=O)(N[C@@H](C)C(=O)OC(C)C)Oc3ccccc3)[C@@H](O)[C@@]2(C)F)C(=O)C1.CC(C)OC(=O)[C@H](C)N[P@](=O)(OC[C@@]1(F)O[C@@H](n2ccc(N)nc2=O)[C@](C)(F)[C@@H]1O)Oc1ccccc1. The molecule has 3 aromatic rings. The summed E-state index contributed by atoms with van der Waals surface area (Å²) in [5.74, 6) is -5.16. The van der Waals surface area contributed by atoms with Crippen LogP contribution in [0.15, 0.2) is 102 Å². The van der Waals surface area contributed by atoms with Crippen LogP contribution in [-0.4, -0.2) is 122 Å². The lowest BCUT2D eigenvalue weighted by Gasteiger charge is -2.33. The second-order valence-electron chi connectivity index (χ2n) is 18.0. The number of aliphatic hydroxyl groups excluding tert-OH is 2. The molecular weight excluding hydrogens is 1010 g/mol. The molecule has 12 atom stereocenters. The van der Waals surface area contributed by atoms with E-state index in [0.29, 0.717) is 10.1 Å². The first kappa shape index (κ1) is 58.4. The standard InChI is InChI=1S/C24H32FN2O8P.C22H29F2N4O8P/c1-15(2)33-22(30)17(4)26-36(31,35-18-9-7-6-8-10-18)32-14-19-21(29)24(5,25)23(34-19)27-12-11-16(3)13-20(27)28;1-13(2)34-17(29)14(3)27-37(32,36-15-8-6-5-7-9-15)33-12-22(24)18(30)21(4,23)19(35-22)28-11-10-16(25)26-20(28)31/h6-12,15,17,19,21,23,29H,3,13-14H2,1-2,4-5H3,(H,26,31);5-11,13-14,18-19,30H,12H2,1-4H3,(H,27,32)(H2,25,26,31)/t17-,19+,21+,23+,24+,36-;14-,18-,19+,21+,22+,37-/m00/s1. The van der Waals surface area contributed by atoms with Crippen LogP contribution in [0.5, 0.6) is 11.5 Å². The van der Waals surface area contributed by atoms with Crippen LogP contribution in [0, 0.1) is 0 Å². The fourth-order valence-electron chi connectivity index (χ4n) is 7.15. The number of amides is 1. The number of ether oxygens (including phenoxy) is 4. The fourth-order valence-corrected chi connectivity index (χ4v) is 10.2. The van der Waals surface area contributed by atoms with Crippen molar-refractivity contribution in [2.45, 2.75) is 134 Å². The molecule has 73 heavy (non-hydrogen) atoms. The Hall–Kier alpha value is -5.46.